The summed E-state index contributed by atoms with van der Waals surface area (Å²) in [5.41, 5.74) is 8.79. The SMILES string of the molecule is COc1ccc(C[C@@H]2NC(=O)[C@@H]3C[C@@H](C)CN3C(=O)[C@H](C(C)(C)C)NC(=O)CSC[C@H](C(N)=O)NC(=O)[C@@H](CNC(=O)C[C@@H]3N=C(c4ccc(Cl)cc4)c4c(sc(C)c4C)-n4c(C)nnc43)NC(=O)CNC2=O)cc1. The van der Waals surface area contributed by atoms with Crippen LogP contribution in [0.3, 0.4) is 0 Å². The molecule has 4 aromatic rings. The van der Waals surface area contributed by atoms with Gasteiger partial charge >= 0.3 is 0 Å². The second kappa shape index (κ2) is 23.8. The number of nitrogens with two attached hydrogens (primary N) is 1. The van der Waals surface area contributed by atoms with E-state index in [1.54, 1.807) is 75.4 Å². The Morgan fingerprint density at radius 3 is 2.27 bits per heavy atom. The summed E-state index contributed by atoms with van der Waals surface area (Å²) in [6, 6.07) is 6.90. The summed E-state index contributed by atoms with van der Waals surface area (Å²) < 4.78 is 7.18. The molecular formula is C51H63ClN12O9S2. The van der Waals surface area contributed by atoms with Crippen molar-refractivity contribution in [3.05, 3.63) is 92.3 Å². The molecule has 0 saturated carbocycles. The number of aromatic nitrogens is 3. The minimum absolute atomic E-state index is 0.0289. The summed E-state index contributed by atoms with van der Waals surface area (Å²) in [6.07, 6.45) is -0.0254. The molecule has 2 aromatic carbocycles. The van der Waals surface area contributed by atoms with Gasteiger partial charge in [0.25, 0.3) is 0 Å². The molecule has 21 nitrogen and oxygen atoms in total. The van der Waals surface area contributed by atoms with Crippen molar-refractivity contribution in [1.29, 1.82) is 0 Å². The van der Waals surface area contributed by atoms with Gasteiger partial charge in [-0.05, 0) is 73.9 Å². The van der Waals surface area contributed by atoms with Gasteiger partial charge in [0, 0.05) is 46.3 Å². The predicted molar refractivity (Wildman–Crippen MR) is 284 cm³/mol. The summed E-state index contributed by atoms with van der Waals surface area (Å²) >= 11 is 8.79. The number of methoxy groups -OCH3 is 1. The fourth-order valence-electron chi connectivity index (χ4n) is 9.11. The van der Waals surface area contributed by atoms with Crippen LogP contribution in [0.15, 0.2) is 53.5 Å². The molecule has 0 spiro atoms. The average molecular weight is 1090 g/mol. The van der Waals surface area contributed by atoms with Gasteiger partial charge in [0.1, 0.15) is 52.8 Å². The van der Waals surface area contributed by atoms with Gasteiger partial charge in [0.05, 0.1) is 31.5 Å². The smallest absolute Gasteiger partial charge is 0.246 e. The Kier molecular flexibility index (Phi) is 17.7. The van der Waals surface area contributed by atoms with Gasteiger partial charge in [-0.15, -0.1) is 33.3 Å². The fraction of sp³-hybridized carbons (Fsp3) is 0.471. The molecule has 8 amide bonds. The van der Waals surface area contributed by atoms with Crippen LogP contribution in [-0.4, -0.2) is 141 Å². The van der Waals surface area contributed by atoms with Crippen LogP contribution in [0, 0.1) is 32.1 Å². The predicted octanol–water partition coefficient (Wildman–Crippen LogP) is 2.13. The van der Waals surface area contributed by atoms with E-state index in [-0.39, 0.29) is 43.2 Å². The van der Waals surface area contributed by atoms with Crippen LogP contribution in [0.25, 0.3) is 5.00 Å². The summed E-state index contributed by atoms with van der Waals surface area (Å²) in [5, 5.41) is 26.2. The molecule has 2 aromatic heterocycles. The number of carbonyl (C=O) groups excluding carboxylic acids is 8. The quantitative estimate of drug-likeness (QED) is 0.127. The van der Waals surface area contributed by atoms with Crippen molar-refractivity contribution < 1.29 is 43.1 Å². The minimum atomic E-state index is -1.54. The summed E-state index contributed by atoms with van der Waals surface area (Å²) in [6.45, 7) is 12.1. The van der Waals surface area contributed by atoms with Crippen molar-refractivity contribution in [1.82, 2.24) is 51.6 Å². The first-order chi connectivity index (χ1) is 35.5. The highest BCUT2D eigenvalue weighted by Gasteiger charge is 2.45. The standard InChI is InChI=1S/C51H63ClN12O9S2/c1-25-17-37-48(71)58-34(18-29-9-15-32(73-8)16-10-29)46(69)55-21-39(66)56-35(47(70)59-36(44(53)68)23-74-24-40(67)60-43(51(5,6)7)49(72)63(37)22-25)20-54-38(65)19-33-45-62-61-28(4)64(45)50-41(26(2)27(3)75-50)42(57-33)30-11-13-31(52)14-12-30/h9-16,25,33-37,43H,17-24H2,1-8H3,(H2,53,68)(H,54,65)(H,55,69)(H,56,66)(H,58,71)(H,59,70)(H,60,67)/t25-,33+,34+,35-,36-,37+,43-/m1/s1. The molecule has 75 heavy (non-hydrogen) atoms. The molecule has 2 saturated heterocycles. The maximum atomic E-state index is 14.4. The zero-order valence-electron chi connectivity index (χ0n) is 43.0. The van der Waals surface area contributed by atoms with E-state index in [4.69, 9.17) is 27.1 Å². The van der Waals surface area contributed by atoms with Crippen molar-refractivity contribution in [3.63, 3.8) is 0 Å². The van der Waals surface area contributed by atoms with Crippen molar-refractivity contribution in [2.45, 2.75) is 104 Å². The van der Waals surface area contributed by atoms with Crippen molar-refractivity contribution in [3.8, 4) is 10.8 Å². The summed E-state index contributed by atoms with van der Waals surface area (Å²) in [5.74, 6) is -4.74. The highest BCUT2D eigenvalue weighted by Crippen LogP contribution is 2.40. The molecular weight excluding hydrogens is 1020 g/mol. The molecule has 3 aliphatic rings. The van der Waals surface area contributed by atoms with E-state index in [0.29, 0.717) is 33.7 Å². The van der Waals surface area contributed by atoms with Crippen LogP contribution in [0.4, 0.5) is 0 Å². The van der Waals surface area contributed by atoms with Gasteiger partial charge in [0.2, 0.25) is 47.3 Å². The first-order valence-corrected chi connectivity index (χ1v) is 26.8. The van der Waals surface area contributed by atoms with Crippen LogP contribution in [0.1, 0.15) is 85.4 Å². The average Bonchev–Trinajstić information content (AvgIpc) is 4.01. The number of hydrogen-bond donors (Lipinski definition) is 7. The number of hydrogen-bond acceptors (Lipinski definition) is 14. The number of ether oxygens (including phenoxy) is 1. The van der Waals surface area contributed by atoms with E-state index < -0.39 is 102 Å². The lowest BCUT2D eigenvalue weighted by atomic mass is 9.85. The Labute approximate surface area is 447 Å². The van der Waals surface area contributed by atoms with E-state index in [1.165, 1.54) is 12.0 Å². The molecule has 3 aliphatic heterocycles. The van der Waals surface area contributed by atoms with Crippen molar-refractivity contribution in [2.24, 2.45) is 22.1 Å². The maximum absolute atomic E-state index is 14.4. The summed E-state index contributed by atoms with van der Waals surface area (Å²) in [7, 11) is 1.51. The first kappa shape index (κ1) is 55.9. The number of primary amides is 1. The number of aliphatic imine (C=N–C) groups is 1. The van der Waals surface area contributed by atoms with E-state index in [9.17, 15) is 38.4 Å². The van der Waals surface area contributed by atoms with Crippen molar-refractivity contribution in [2.75, 3.05) is 38.2 Å². The Bertz CT molecular complexity index is 2880. The van der Waals surface area contributed by atoms with Gasteiger partial charge in [-0.1, -0.05) is 63.6 Å². The number of halogens is 1. The molecule has 0 unspecified atom stereocenters. The second-order valence-electron chi connectivity index (χ2n) is 20.1. The van der Waals surface area contributed by atoms with E-state index in [2.05, 4.69) is 42.1 Å². The fourth-order valence-corrected chi connectivity index (χ4v) is 11.3. The van der Waals surface area contributed by atoms with E-state index in [1.807, 2.05) is 37.5 Å². The normalized spacial score (nSPS) is 23.3. The zero-order chi connectivity index (χ0) is 54.5. The molecule has 0 bridgehead atoms. The van der Waals surface area contributed by atoms with Crippen LogP contribution >= 0.6 is 34.7 Å². The Hall–Kier alpha value is -6.85. The number of rotatable bonds is 9. The van der Waals surface area contributed by atoms with Crippen LogP contribution in [-0.2, 0) is 44.8 Å². The van der Waals surface area contributed by atoms with E-state index >= 15 is 0 Å². The topological polar surface area (TPSA) is 290 Å². The first-order valence-electron chi connectivity index (χ1n) is 24.4. The number of amides is 8. The number of carbonyl (C=O) groups is 8. The molecule has 2 fully saturated rings. The molecule has 400 valence electrons. The summed E-state index contributed by atoms with van der Waals surface area (Å²) in [4.78, 5) is 119. The van der Waals surface area contributed by atoms with Gasteiger partial charge in [-0.2, -0.15) is 0 Å². The Morgan fingerprint density at radius 2 is 1.60 bits per heavy atom. The molecule has 0 aliphatic carbocycles. The third-order valence-corrected chi connectivity index (χ3v) is 15.7. The number of nitrogens with one attached hydrogen (secondary N) is 6. The van der Waals surface area contributed by atoms with Gasteiger partial charge in [-0.25, -0.2) is 0 Å². The Balaban J connectivity index is 1.16. The van der Waals surface area contributed by atoms with Crippen molar-refractivity contribution >= 4 is 87.7 Å². The third kappa shape index (κ3) is 13.3. The monoisotopic (exact) mass is 1090 g/mol. The molecule has 0 radical (unpaired) electrons. The van der Waals surface area contributed by atoms with Gasteiger partial charge in [0.15, 0.2) is 5.82 Å². The number of thioether (sulfide) groups is 1. The number of benzene rings is 2. The van der Waals surface area contributed by atoms with Crippen LogP contribution in [0.5, 0.6) is 5.75 Å². The lowest BCUT2D eigenvalue weighted by molar-refractivity contribution is -0.144. The lowest BCUT2D eigenvalue weighted by Gasteiger charge is -2.35. The largest absolute Gasteiger partial charge is 0.497 e. The number of fused-ring (bicyclic) bond motifs is 4. The minimum Gasteiger partial charge on any atom is -0.497 e. The molecule has 24 heteroatoms. The number of nitrogens with zero attached hydrogens (tertiary/aromatic N) is 5. The third-order valence-electron chi connectivity index (χ3n) is 13.2. The number of thiophene rings is 1. The zero-order valence-corrected chi connectivity index (χ0v) is 45.4. The van der Waals surface area contributed by atoms with Crippen LogP contribution < -0.4 is 42.4 Å². The van der Waals surface area contributed by atoms with Crippen LogP contribution in [0.2, 0.25) is 5.02 Å². The molecule has 8 N–H and O–H groups in total. The highest BCUT2D eigenvalue weighted by molar-refractivity contribution is 8.00. The van der Waals surface area contributed by atoms with E-state index in [0.717, 1.165) is 38.3 Å². The molecule has 7 atom stereocenters. The van der Waals surface area contributed by atoms with Gasteiger partial charge < -0.3 is 47.3 Å². The maximum Gasteiger partial charge on any atom is 0.246 e. The lowest BCUT2D eigenvalue weighted by Crippen LogP contribution is -2.59. The number of aryl methyl sites for hydroxylation is 2. The highest BCUT2D eigenvalue weighted by atomic mass is 35.5. The van der Waals surface area contributed by atoms with Gasteiger partial charge in [-0.3, -0.25) is 47.9 Å². The second-order valence-corrected chi connectivity index (χ2v) is 22.7. The molecule has 7 rings (SSSR count). The Morgan fingerprint density at radius 1 is 0.893 bits per heavy atom. The molecule has 5 heterocycles.